The Morgan fingerprint density at radius 1 is 1.18 bits per heavy atom. The molecule has 0 radical (unpaired) electrons. The van der Waals surface area contributed by atoms with E-state index in [4.69, 9.17) is 46.4 Å². The summed E-state index contributed by atoms with van der Waals surface area (Å²) < 4.78 is -2.33. The zero-order chi connectivity index (χ0) is 20.6. The van der Waals surface area contributed by atoms with Crippen molar-refractivity contribution in [2.24, 2.45) is 0 Å². The van der Waals surface area contributed by atoms with Crippen molar-refractivity contribution in [3.05, 3.63) is 51.2 Å². The van der Waals surface area contributed by atoms with Crippen LogP contribution in [0.25, 0.3) is 0 Å². The van der Waals surface area contributed by atoms with Crippen LogP contribution >= 0.6 is 57.7 Å². The highest BCUT2D eigenvalue weighted by Gasteiger charge is 2.43. The molecule has 6 nitrogen and oxygen atoms in total. The predicted molar refractivity (Wildman–Crippen MR) is 109 cm³/mol. The molecule has 1 aliphatic rings. The van der Waals surface area contributed by atoms with Gasteiger partial charge in [-0.1, -0.05) is 52.5 Å². The first-order chi connectivity index (χ1) is 13.1. The number of carbonyl (C=O) groups excluding carboxylic acids is 4. The number of nitrogens with one attached hydrogen (secondary N) is 1. The zero-order valence-electron chi connectivity index (χ0n) is 13.7. The molecule has 0 aliphatic carbocycles. The van der Waals surface area contributed by atoms with E-state index in [0.29, 0.717) is 21.2 Å². The second-order valence-corrected chi connectivity index (χ2v) is 9.44. The highest BCUT2D eigenvalue weighted by molar-refractivity contribution is 7.12. The highest BCUT2D eigenvalue weighted by atomic mass is 35.6. The highest BCUT2D eigenvalue weighted by Crippen LogP contribution is 2.41. The van der Waals surface area contributed by atoms with Gasteiger partial charge in [0.15, 0.2) is 5.78 Å². The Labute approximate surface area is 183 Å². The summed E-state index contributed by atoms with van der Waals surface area (Å²) in [6.45, 7) is -0.534. The number of carbonyl (C=O) groups is 4. The molecule has 0 fully saturated rings. The van der Waals surface area contributed by atoms with Crippen LogP contribution in [0.2, 0.25) is 5.02 Å². The minimum Gasteiger partial charge on any atom is -0.302 e. The van der Waals surface area contributed by atoms with E-state index < -0.39 is 39.8 Å². The van der Waals surface area contributed by atoms with Crippen molar-refractivity contribution in [2.75, 3.05) is 11.4 Å². The van der Waals surface area contributed by atoms with Gasteiger partial charge in [-0.3, -0.25) is 24.5 Å². The predicted octanol–water partition coefficient (Wildman–Crippen LogP) is 3.73. The van der Waals surface area contributed by atoms with E-state index in [9.17, 15) is 19.2 Å². The Balaban J connectivity index is 1.89. The normalized spacial score (nSPS) is 16.1. The van der Waals surface area contributed by atoms with Crippen LogP contribution in [0.1, 0.15) is 21.2 Å². The first-order valence-corrected chi connectivity index (χ1v) is 10.1. The third-order valence-corrected chi connectivity index (χ3v) is 5.58. The molecule has 0 spiro atoms. The first kappa shape index (κ1) is 21.1. The number of Topliss-reactive ketones (excluding diaryl/α,β-unsaturated/α-hetero) is 1. The summed E-state index contributed by atoms with van der Waals surface area (Å²) in [5.74, 6) is -4.15. The average molecular weight is 480 g/mol. The number of nitrogens with zero attached hydrogens (tertiary/aromatic N) is 1. The van der Waals surface area contributed by atoms with Crippen LogP contribution in [-0.2, 0) is 14.4 Å². The number of anilines is 1. The largest absolute Gasteiger partial charge is 0.302 e. The lowest BCUT2D eigenvalue weighted by atomic mass is 9.95. The van der Waals surface area contributed by atoms with Crippen LogP contribution in [0, 0.1) is 0 Å². The lowest BCUT2D eigenvalue weighted by molar-refractivity contribution is -0.130. The summed E-state index contributed by atoms with van der Waals surface area (Å²) in [5, 5.41) is 3.97. The monoisotopic (exact) mass is 478 g/mol. The molecule has 3 rings (SSSR count). The van der Waals surface area contributed by atoms with Crippen LogP contribution < -0.4 is 10.2 Å². The molecule has 1 aromatic carbocycles. The lowest BCUT2D eigenvalue weighted by Gasteiger charge is -2.18. The number of rotatable bonds is 4. The van der Waals surface area contributed by atoms with Crippen molar-refractivity contribution < 1.29 is 19.2 Å². The number of alkyl halides is 3. The number of benzene rings is 1. The van der Waals surface area contributed by atoms with Gasteiger partial charge in [-0.05, 0) is 35.2 Å². The number of fused-ring (bicyclic) bond motifs is 1. The van der Waals surface area contributed by atoms with Gasteiger partial charge in [0.05, 0.1) is 4.88 Å². The maximum atomic E-state index is 13.0. The smallest absolute Gasteiger partial charge is 0.278 e. The number of amides is 3. The molecule has 0 saturated carbocycles. The number of imide groups is 1. The second kappa shape index (κ2) is 8.00. The molecule has 11 heteroatoms. The molecule has 2 aromatic rings. The maximum absolute atomic E-state index is 13.0. The van der Waals surface area contributed by atoms with E-state index in [1.165, 1.54) is 29.5 Å². The van der Waals surface area contributed by atoms with Crippen molar-refractivity contribution in [1.29, 1.82) is 0 Å². The molecular weight excluding hydrogens is 470 g/mol. The standard InChI is InChI=1S/C17H10Cl4N2O4S/c18-8-3-4-10-9(6-8)13(14(25)11-2-1-5-28-11)15(26)23(10)7-12(24)22-16(27)17(19,20)21/h1-6,13H,7H2,(H,22,24,27). The summed E-state index contributed by atoms with van der Waals surface area (Å²) in [6, 6.07) is 7.88. The molecule has 0 bridgehead atoms. The fourth-order valence-corrected chi connectivity index (χ4v) is 3.79. The van der Waals surface area contributed by atoms with Gasteiger partial charge in [0.1, 0.15) is 12.5 Å². The molecule has 28 heavy (non-hydrogen) atoms. The molecule has 146 valence electrons. The number of halogens is 4. The minimum absolute atomic E-state index is 0.341. The summed E-state index contributed by atoms with van der Waals surface area (Å²) in [4.78, 5) is 51.1. The fraction of sp³-hybridized carbons (Fsp3) is 0.176. The van der Waals surface area contributed by atoms with Gasteiger partial charge in [-0.2, -0.15) is 0 Å². The molecule has 1 aromatic heterocycles. The van der Waals surface area contributed by atoms with Crippen molar-refractivity contribution in [2.45, 2.75) is 9.71 Å². The van der Waals surface area contributed by atoms with Crippen LogP contribution in [0.5, 0.6) is 0 Å². The van der Waals surface area contributed by atoms with Crippen molar-refractivity contribution in [1.82, 2.24) is 5.32 Å². The van der Waals surface area contributed by atoms with E-state index in [-0.39, 0.29) is 0 Å². The van der Waals surface area contributed by atoms with E-state index in [1.54, 1.807) is 17.5 Å². The topological polar surface area (TPSA) is 83.6 Å². The van der Waals surface area contributed by atoms with E-state index in [2.05, 4.69) is 0 Å². The van der Waals surface area contributed by atoms with Gasteiger partial charge in [-0.15, -0.1) is 11.3 Å². The van der Waals surface area contributed by atoms with E-state index >= 15 is 0 Å². The van der Waals surface area contributed by atoms with Gasteiger partial charge in [0, 0.05) is 10.7 Å². The minimum atomic E-state index is -2.33. The van der Waals surface area contributed by atoms with Gasteiger partial charge < -0.3 is 4.90 Å². The molecule has 1 atom stereocenters. The van der Waals surface area contributed by atoms with Gasteiger partial charge in [0.2, 0.25) is 11.8 Å². The maximum Gasteiger partial charge on any atom is 0.278 e. The fourth-order valence-electron chi connectivity index (χ4n) is 2.77. The third kappa shape index (κ3) is 4.18. The number of thiophene rings is 1. The van der Waals surface area contributed by atoms with Crippen LogP contribution in [0.4, 0.5) is 5.69 Å². The van der Waals surface area contributed by atoms with E-state index in [0.717, 1.165) is 4.90 Å². The summed E-state index contributed by atoms with van der Waals surface area (Å²) in [6.07, 6.45) is 0. The molecule has 1 aliphatic heterocycles. The summed E-state index contributed by atoms with van der Waals surface area (Å²) in [7, 11) is 0. The molecular formula is C17H10Cl4N2O4S. The number of hydrogen-bond acceptors (Lipinski definition) is 5. The first-order valence-electron chi connectivity index (χ1n) is 7.69. The van der Waals surface area contributed by atoms with Gasteiger partial charge >= 0.3 is 0 Å². The Kier molecular flexibility index (Phi) is 6.03. The van der Waals surface area contributed by atoms with Crippen molar-refractivity contribution >= 4 is 86.9 Å². The Bertz CT molecular complexity index is 972. The third-order valence-electron chi connectivity index (χ3n) is 3.94. The molecule has 0 saturated heterocycles. The summed E-state index contributed by atoms with van der Waals surface area (Å²) >= 11 is 23.5. The van der Waals surface area contributed by atoms with E-state index in [1.807, 2.05) is 5.32 Å². The van der Waals surface area contributed by atoms with Gasteiger partial charge in [-0.25, -0.2) is 0 Å². The zero-order valence-corrected chi connectivity index (χ0v) is 17.6. The molecule has 1 N–H and O–H groups in total. The van der Waals surface area contributed by atoms with Crippen LogP contribution in [-0.4, -0.2) is 33.8 Å². The number of ketones is 1. The Hall–Kier alpha value is -1.64. The average Bonchev–Trinajstić information content (AvgIpc) is 3.21. The lowest BCUT2D eigenvalue weighted by Crippen LogP contribution is -2.45. The Morgan fingerprint density at radius 3 is 2.50 bits per heavy atom. The van der Waals surface area contributed by atoms with Crippen LogP contribution in [0.15, 0.2) is 35.7 Å². The second-order valence-electron chi connectivity index (χ2n) is 5.78. The summed E-state index contributed by atoms with van der Waals surface area (Å²) in [5.41, 5.74) is 0.734. The Morgan fingerprint density at radius 2 is 1.89 bits per heavy atom. The van der Waals surface area contributed by atoms with Crippen LogP contribution in [0.3, 0.4) is 0 Å². The molecule has 2 heterocycles. The van der Waals surface area contributed by atoms with Crippen molar-refractivity contribution in [3.8, 4) is 0 Å². The van der Waals surface area contributed by atoms with Gasteiger partial charge in [0.25, 0.3) is 9.70 Å². The quantitative estimate of drug-likeness (QED) is 0.411. The van der Waals surface area contributed by atoms with Crippen molar-refractivity contribution in [3.63, 3.8) is 0 Å². The SMILES string of the molecule is O=C(CN1C(=O)C(C(=O)c2cccs2)c2cc(Cl)ccc21)NC(=O)C(Cl)(Cl)Cl. The number of hydrogen-bond donors (Lipinski definition) is 1. The molecule has 3 amide bonds. The molecule has 1 unspecified atom stereocenters.